The zero-order valence-electron chi connectivity index (χ0n) is 13.4. The first-order valence-corrected chi connectivity index (χ1v) is 7.87. The lowest BCUT2D eigenvalue weighted by molar-refractivity contribution is -0.388. The van der Waals surface area contributed by atoms with Crippen LogP contribution in [0.25, 0.3) is 0 Å². The first kappa shape index (κ1) is 17.1. The van der Waals surface area contributed by atoms with Crippen LogP contribution in [0.2, 0.25) is 0 Å². The molecule has 0 aromatic rings. The van der Waals surface area contributed by atoms with Crippen LogP contribution in [0.3, 0.4) is 0 Å². The molecule has 3 N–H and O–H groups in total. The highest BCUT2D eigenvalue weighted by Crippen LogP contribution is 2.54. The van der Waals surface area contributed by atoms with E-state index in [0.29, 0.717) is 12.8 Å². The van der Waals surface area contributed by atoms with Crippen molar-refractivity contribution in [2.24, 2.45) is 0 Å². The van der Waals surface area contributed by atoms with Crippen LogP contribution >= 0.6 is 0 Å². The van der Waals surface area contributed by atoms with Gasteiger partial charge in [0.15, 0.2) is 5.60 Å². The lowest BCUT2D eigenvalue weighted by Gasteiger charge is -2.47. The molecular weight excluding hydrogens is 308 g/mol. The monoisotopic (exact) mass is 332 g/mol. The molecule has 8 nitrogen and oxygen atoms in total. The number of carbonyl (C=O) groups is 1. The van der Waals surface area contributed by atoms with Crippen molar-refractivity contribution in [2.45, 2.75) is 74.0 Å². The molecule has 2 saturated carbocycles. The van der Waals surface area contributed by atoms with E-state index in [1.165, 1.54) is 0 Å². The largest absolute Gasteiger partial charge is 0.457 e. The summed E-state index contributed by atoms with van der Waals surface area (Å²) in [6, 6.07) is 0. The summed E-state index contributed by atoms with van der Waals surface area (Å²) in [4.78, 5) is 11.8. The van der Waals surface area contributed by atoms with Gasteiger partial charge in [-0.2, -0.15) is 0 Å². The van der Waals surface area contributed by atoms with E-state index in [4.69, 9.17) is 23.7 Å². The van der Waals surface area contributed by atoms with Gasteiger partial charge in [-0.3, -0.25) is 0 Å². The number of ether oxygens (including phenoxy) is 5. The van der Waals surface area contributed by atoms with Crippen molar-refractivity contribution in [3.05, 3.63) is 0 Å². The molecule has 2 saturated heterocycles. The van der Waals surface area contributed by atoms with Crippen LogP contribution < -0.4 is 0 Å². The van der Waals surface area contributed by atoms with Crippen molar-refractivity contribution >= 4 is 5.97 Å². The summed E-state index contributed by atoms with van der Waals surface area (Å²) in [6.07, 6.45) is 2.46. The molecule has 2 aliphatic heterocycles. The van der Waals surface area contributed by atoms with Gasteiger partial charge in [0.1, 0.15) is 12.2 Å². The maximum absolute atomic E-state index is 11.8. The third-order valence-corrected chi connectivity index (χ3v) is 5.62. The van der Waals surface area contributed by atoms with E-state index in [1.54, 1.807) is 14.2 Å². The van der Waals surface area contributed by atoms with Crippen LogP contribution in [-0.4, -0.2) is 66.3 Å². The zero-order chi connectivity index (χ0) is 15.6. The lowest BCUT2D eigenvalue weighted by atomic mass is 9.82. The SMILES string of the molecule is COC1(OC)CCCC[C@]12O[C@H]1[C@H]3C[C@@](O)(C[C@H]1O2)C(=O)O3.O. The van der Waals surface area contributed by atoms with Gasteiger partial charge in [-0.05, 0) is 12.8 Å². The predicted molar refractivity (Wildman–Crippen MR) is 75.4 cm³/mol. The Bertz CT molecular complexity index is 492. The van der Waals surface area contributed by atoms with Gasteiger partial charge in [0, 0.05) is 39.9 Å². The Morgan fingerprint density at radius 3 is 2.43 bits per heavy atom. The summed E-state index contributed by atoms with van der Waals surface area (Å²) < 4.78 is 29.1. The van der Waals surface area contributed by atoms with Crippen molar-refractivity contribution in [2.75, 3.05) is 14.2 Å². The molecular formula is C15H24O8. The molecule has 4 aliphatic rings. The van der Waals surface area contributed by atoms with Crippen LogP contribution in [0, 0.1) is 0 Å². The van der Waals surface area contributed by atoms with Crippen LogP contribution in [0.15, 0.2) is 0 Å². The molecule has 2 heterocycles. The number of methoxy groups -OCH3 is 2. The van der Waals surface area contributed by atoms with Gasteiger partial charge in [-0.1, -0.05) is 0 Å². The summed E-state index contributed by atoms with van der Waals surface area (Å²) in [5.41, 5.74) is -1.45. The van der Waals surface area contributed by atoms with Gasteiger partial charge in [-0.25, -0.2) is 4.79 Å². The Morgan fingerprint density at radius 2 is 1.74 bits per heavy atom. The summed E-state index contributed by atoms with van der Waals surface area (Å²) >= 11 is 0. The van der Waals surface area contributed by atoms with E-state index >= 15 is 0 Å². The standard InChI is InChI=1S/C15H22O7.H2O/c1-18-14(19-2)5-3-4-6-15(14)21-10-8-13(17)7-9(11(10)22-15)20-12(13)16;/h9-11,17H,3-8H2,1-2H3;1H2/t9-,10-,11+,13-,15+;/m1./s1. The molecule has 8 heteroatoms. The fourth-order valence-corrected chi connectivity index (χ4v) is 4.49. The molecule has 0 amide bonds. The van der Waals surface area contributed by atoms with Crippen molar-refractivity contribution < 1.29 is 39.1 Å². The van der Waals surface area contributed by atoms with Gasteiger partial charge in [0.05, 0.1) is 6.10 Å². The van der Waals surface area contributed by atoms with Gasteiger partial charge in [0.2, 0.25) is 11.6 Å². The molecule has 1 spiro atoms. The molecule has 0 unspecified atom stereocenters. The second kappa shape index (κ2) is 5.37. The van der Waals surface area contributed by atoms with Crippen LogP contribution in [0.5, 0.6) is 0 Å². The van der Waals surface area contributed by atoms with Gasteiger partial charge < -0.3 is 34.3 Å². The van der Waals surface area contributed by atoms with Crippen LogP contribution in [-0.2, 0) is 28.5 Å². The average Bonchev–Trinajstić information content (AvgIpc) is 2.98. The second-order valence-corrected chi connectivity index (χ2v) is 6.74. The van der Waals surface area contributed by atoms with E-state index < -0.39 is 35.4 Å². The Balaban J connectivity index is 0.00000156. The summed E-state index contributed by atoms with van der Waals surface area (Å²) in [6.45, 7) is 0. The fourth-order valence-electron chi connectivity index (χ4n) is 4.49. The molecule has 4 rings (SSSR count). The number of esters is 1. The lowest BCUT2D eigenvalue weighted by Crippen LogP contribution is -2.60. The zero-order valence-corrected chi connectivity index (χ0v) is 13.4. The minimum Gasteiger partial charge on any atom is -0.457 e. The van der Waals surface area contributed by atoms with E-state index in [-0.39, 0.29) is 24.4 Å². The fraction of sp³-hybridized carbons (Fsp3) is 0.933. The van der Waals surface area contributed by atoms with Crippen LogP contribution in [0.4, 0.5) is 0 Å². The van der Waals surface area contributed by atoms with Crippen molar-refractivity contribution in [3.63, 3.8) is 0 Å². The van der Waals surface area contributed by atoms with Crippen molar-refractivity contribution in [1.29, 1.82) is 0 Å². The number of carbonyl (C=O) groups excluding carboxylic acids is 1. The molecule has 132 valence electrons. The highest BCUT2D eigenvalue weighted by atomic mass is 16.8. The molecule has 23 heavy (non-hydrogen) atoms. The highest BCUT2D eigenvalue weighted by Gasteiger charge is 2.69. The summed E-state index contributed by atoms with van der Waals surface area (Å²) in [5, 5.41) is 10.4. The smallest absolute Gasteiger partial charge is 0.338 e. The van der Waals surface area contributed by atoms with Crippen LogP contribution in [0.1, 0.15) is 38.5 Å². The Labute approximate surface area is 134 Å². The summed E-state index contributed by atoms with van der Waals surface area (Å²) in [5.74, 6) is -2.53. The van der Waals surface area contributed by atoms with Crippen molar-refractivity contribution in [3.8, 4) is 0 Å². The van der Waals surface area contributed by atoms with E-state index in [2.05, 4.69) is 0 Å². The van der Waals surface area contributed by atoms with Crippen molar-refractivity contribution in [1.82, 2.24) is 0 Å². The van der Waals surface area contributed by atoms with Gasteiger partial charge in [0.25, 0.3) is 0 Å². The topological polar surface area (TPSA) is 115 Å². The minimum atomic E-state index is -1.45. The third-order valence-electron chi connectivity index (χ3n) is 5.62. The molecule has 2 bridgehead atoms. The minimum absolute atomic E-state index is 0. The normalized spacial score (nSPS) is 47.1. The number of aliphatic hydroxyl groups is 1. The second-order valence-electron chi connectivity index (χ2n) is 6.74. The molecule has 5 atom stereocenters. The molecule has 0 aromatic heterocycles. The third kappa shape index (κ3) is 2.09. The van der Waals surface area contributed by atoms with Gasteiger partial charge >= 0.3 is 5.97 Å². The van der Waals surface area contributed by atoms with E-state index in [0.717, 1.165) is 12.8 Å². The highest BCUT2D eigenvalue weighted by molar-refractivity contribution is 5.82. The number of hydrogen-bond donors (Lipinski definition) is 1. The quantitative estimate of drug-likeness (QED) is 0.543. The Morgan fingerprint density at radius 1 is 1.09 bits per heavy atom. The first-order valence-electron chi connectivity index (χ1n) is 7.87. The molecule has 0 aromatic carbocycles. The Kier molecular flexibility index (Phi) is 3.98. The molecule has 0 radical (unpaired) electrons. The first-order chi connectivity index (χ1) is 10.5. The molecule has 4 fully saturated rings. The summed E-state index contributed by atoms with van der Waals surface area (Å²) in [7, 11) is 3.18. The number of hydrogen-bond acceptors (Lipinski definition) is 7. The van der Waals surface area contributed by atoms with E-state index in [1.807, 2.05) is 0 Å². The maximum atomic E-state index is 11.8. The molecule has 2 aliphatic carbocycles. The number of fused-ring (bicyclic) bond motifs is 4. The van der Waals surface area contributed by atoms with Gasteiger partial charge in [-0.15, -0.1) is 0 Å². The van der Waals surface area contributed by atoms with E-state index in [9.17, 15) is 9.90 Å². The Hall–Kier alpha value is -0.770. The maximum Gasteiger partial charge on any atom is 0.338 e. The number of rotatable bonds is 2. The average molecular weight is 332 g/mol. The predicted octanol–water partition coefficient (Wildman–Crippen LogP) is -0.345.